The first-order chi connectivity index (χ1) is 30.0. The first-order valence-corrected chi connectivity index (χ1v) is 21.7. The van der Waals surface area contributed by atoms with Gasteiger partial charge in [0.15, 0.2) is 0 Å². The average Bonchev–Trinajstić information content (AvgIpc) is 4.10. The van der Waals surface area contributed by atoms with Crippen LogP contribution in [0.4, 0.5) is 14.4 Å². The molecule has 0 aromatic rings. The van der Waals surface area contributed by atoms with E-state index in [1.165, 1.54) is 14.2 Å². The number of allylic oxidation sites excluding steroid dienone is 4. The van der Waals surface area contributed by atoms with E-state index in [4.69, 9.17) is 29.9 Å². The van der Waals surface area contributed by atoms with E-state index < -0.39 is 6.09 Å². The second kappa shape index (κ2) is 32.0. The number of rotatable bonds is 16. The van der Waals surface area contributed by atoms with Gasteiger partial charge in [0.1, 0.15) is 0 Å². The van der Waals surface area contributed by atoms with E-state index in [0.717, 1.165) is 19.3 Å². The van der Waals surface area contributed by atoms with E-state index in [9.17, 15) is 28.8 Å². The number of piperazine rings is 1. The molecule has 5 rings (SSSR count). The van der Waals surface area contributed by atoms with E-state index in [1.54, 1.807) is 37.5 Å². The van der Waals surface area contributed by atoms with Crippen molar-refractivity contribution >= 4 is 36.1 Å². The number of hydrogen-bond donors (Lipinski definition) is 5. The van der Waals surface area contributed by atoms with Gasteiger partial charge in [0.25, 0.3) is 0 Å². The Hall–Kier alpha value is -4.72. The first-order valence-electron chi connectivity index (χ1n) is 21.7. The molecule has 2 saturated carbocycles. The zero-order chi connectivity index (χ0) is 46.5. The molecule has 1 aliphatic heterocycles. The summed E-state index contributed by atoms with van der Waals surface area (Å²) < 4.78 is 19.3. The number of carbonyl (C=O) groups excluding carboxylic acids is 6. The summed E-state index contributed by atoms with van der Waals surface area (Å²) in [7, 11) is 2.85. The Morgan fingerprint density at radius 3 is 1.66 bits per heavy atom. The van der Waals surface area contributed by atoms with Crippen molar-refractivity contribution in [3.05, 3.63) is 37.5 Å². The lowest BCUT2D eigenvalue weighted by Gasteiger charge is -2.37. The van der Waals surface area contributed by atoms with Gasteiger partial charge in [-0.1, -0.05) is 24.3 Å². The SMILES string of the molecule is C=C.CCO.CCOC(=O)N1CCN(C(=O)C2C3C=CC(C3)C2C(=O)OC)CC1.CCOC(=O)NCCCN.CCOC(=O)NCCCNC(=O)C1C2C=CC(C2)C1COOC. The molecule has 6 N–H and O–H groups in total. The molecular weight excluding hydrogens is 809 g/mol. The fraction of sp³-hybridized carbons (Fsp3) is 0.721. The van der Waals surface area contributed by atoms with Gasteiger partial charge in [-0.05, 0) is 83.6 Å². The number of esters is 1. The Kier molecular flexibility index (Phi) is 28.6. The maximum atomic E-state index is 13.0. The fourth-order valence-corrected chi connectivity index (χ4v) is 8.10. The van der Waals surface area contributed by atoms with Crippen LogP contribution in [0.1, 0.15) is 53.4 Å². The Balaban J connectivity index is 0.000000472. The van der Waals surface area contributed by atoms with Gasteiger partial charge in [0.2, 0.25) is 11.8 Å². The quantitative estimate of drug-likeness (QED) is 0.0374. The molecule has 1 saturated heterocycles. The number of aliphatic hydroxyl groups is 1. The molecule has 62 heavy (non-hydrogen) atoms. The Labute approximate surface area is 367 Å². The molecule has 8 unspecified atom stereocenters. The van der Waals surface area contributed by atoms with Crippen molar-refractivity contribution in [1.82, 2.24) is 25.8 Å². The second-order valence-electron chi connectivity index (χ2n) is 14.5. The van der Waals surface area contributed by atoms with Crippen LogP contribution < -0.4 is 21.7 Å². The molecular formula is C43H74N6O13. The van der Waals surface area contributed by atoms with Crippen LogP contribution in [-0.4, -0.2) is 151 Å². The van der Waals surface area contributed by atoms with E-state index in [-0.39, 0.29) is 72.1 Å². The van der Waals surface area contributed by atoms with Gasteiger partial charge in [-0.3, -0.25) is 14.4 Å². The second-order valence-corrected chi connectivity index (χ2v) is 14.5. The molecule has 4 bridgehead atoms. The summed E-state index contributed by atoms with van der Waals surface area (Å²) >= 11 is 0. The standard InChI is InChI=1S/C17H24N2O5.C16H26N2O5.C6H14N2O2.C2H6O.C2H4/c1-3-24-17(22)19-8-6-18(7-9-19)15(20)13-11-4-5-12(10-11)14(13)16(21)23-2;1-3-22-16(20)18-8-4-7-17-15(19)14-12-6-5-11(9-12)13(14)10-23-21-2;1-2-10-6(9)8-5-3-4-7;1-2-3;1-2/h4-5,11-14H,3,6-10H2,1-2H3;5-6,11-14H,3-4,7-10H2,1-2H3,(H,17,19)(H,18,20);2-5,7H2,1H3,(H,8,9);3H,2H2,1H3;1-2H2. The zero-order valence-electron chi connectivity index (χ0n) is 37.7. The summed E-state index contributed by atoms with van der Waals surface area (Å²) in [5.74, 6) is 0.0955. The van der Waals surface area contributed by atoms with Gasteiger partial charge in [-0.2, -0.15) is 0 Å². The monoisotopic (exact) mass is 883 g/mol. The predicted molar refractivity (Wildman–Crippen MR) is 231 cm³/mol. The first kappa shape index (κ1) is 55.3. The highest BCUT2D eigenvalue weighted by molar-refractivity contribution is 5.87. The van der Waals surface area contributed by atoms with Crippen LogP contribution in [0.5, 0.6) is 0 Å². The topological polar surface area (TPSA) is 247 Å². The van der Waals surface area contributed by atoms with Gasteiger partial charge in [-0.15, -0.1) is 13.2 Å². The number of hydrogen-bond acceptors (Lipinski definition) is 14. The van der Waals surface area contributed by atoms with Crippen molar-refractivity contribution in [1.29, 1.82) is 0 Å². The van der Waals surface area contributed by atoms with Crippen molar-refractivity contribution in [3.8, 4) is 0 Å². The number of alkyl carbamates (subject to hydrolysis) is 2. The highest BCUT2D eigenvalue weighted by Gasteiger charge is 2.53. The third kappa shape index (κ3) is 17.9. The third-order valence-electron chi connectivity index (χ3n) is 10.8. The highest BCUT2D eigenvalue weighted by Crippen LogP contribution is 2.49. The van der Waals surface area contributed by atoms with Gasteiger partial charge in [0.05, 0.1) is 52.5 Å². The molecule has 5 aliphatic rings. The Morgan fingerprint density at radius 2 is 1.15 bits per heavy atom. The van der Waals surface area contributed by atoms with E-state index in [2.05, 4.69) is 57.0 Å². The van der Waals surface area contributed by atoms with Crippen LogP contribution in [-0.2, 0) is 43.1 Å². The van der Waals surface area contributed by atoms with E-state index >= 15 is 0 Å². The predicted octanol–water partition coefficient (Wildman–Crippen LogP) is 3.04. The average molecular weight is 883 g/mol. The summed E-state index contributed by atoms with van der Waals surface area (Å²) in [5, 5.41) is 15.7. The number of carbonyl (C=O) groups is 6. The molecule has 3 fully saturated rings. The summed E-state index contributed by atoms with van der Waals surface area (Å²) in [6.07, 6.45) is 10.6. The molecule has 354 valence electrons. The van der Waals surface area contributed by atoms with Crippen molar-refractivity contribution in [2.75, 3.05) is 99.6 Å². The van der Waals surface area contributed by atoms with Crippen LogP contribution in [0.2, 0.25) is 0 Å². The lowest BCUT2D eigenvalue weighted by Crippen LogP contribution is -2.53. The molecule has 5 amide bonds. The lowest BCUT2D eigenvalue weighted by molar-refractivity contribution is -0.282. The van der Waals surface area contributed by atoms with Gasteiger partial charge < -0.3 is 55.5 Å². The smallest absolute Gasteiger partial charge is 0.409 e. The lowest BCUT2D eigenvalue weighted by atomic mass is 9.82. The maximum Gasteiger partial charge on any atom is 0.409 e. The molecule has 8 atom stereocenters. The number of amides is 5. The molecule has 1 heterocycles. The number of nitrogens with one attached hydrogen (secondary N) is 3. The molecule has 0 radical (unpaired) electrons. The minimum Gasteiger partial charge on any atom is -0.469 e. The van der Waals surface area contributed by atoms with Gasteiger partial charge in [-0.25, -0.2) is 24.2 Å². The molecule has 19 nitrogen and oxygen atoms in total. The number of nitrogens with two attached hydrogens (primary N) is 1. The summed E-state index contributed by atoms with van der Waals surface area (Å²) in [6, 6.07) is 0. The normalized spacial score (nSPS) is 24.3. The number of ether oxygens (including phenoxy) is 4. The number of fused-ring (bicyclic) bond motifs is 4. The molecule has 4 aliphatic carbocycles. The third-order valence-corrected chi connectivity index (χ3v) is 10.8. The summed E-state index contributed by atoms with van der Waals surface area (Å²) in [4.78, 5) is 84.1. The van der Waals surface area contributed by atoms with Gasteiger partial charge >= 0.3 is 24.2 Å². The molecule has 0 aromatic carbocycles. The Bertz CT molecular complexity index is 1410. The summed E-state index contributed by atoms with van der Waals surface area (Å²) in [6.45, 7) is 18.8. The number of methoxy groups -OCH3 is 1. The number of nitrogens with zero attached hydrogens (tertiary/aromatic N) is 2. The fourth-order valence-electron chi connectivity index (χ4n) is 8.10. The Morgan fingerprint density at radius 1 is 0.677 bits per heavy atom. The van der Waals surface area contributed by atoms with Crippen molar-refractivity contribution < 1.29 is 62.6 Å². The van der Waals surface area contributed by atoms with Crippen molar-refractivity contribution in [2.24, 2.45) is 53.1 Å². The minimum atomic E-state index is -0.422. The summed E-state index contributed by atoms with van der Waals surface area (Å²) in [5.41, 5.74) is 5.20. The van der Waals surface area contributed by atoms with Crippen LogP contribution in [0.3, 0.4) is 0 Å². The van der Waals surface area contributed by atoms with Crippen LogP contribution in [0.25, 0.3) is 0 Å². The maximum absolute atomic E-state index is 13.0. The number of aliphatic hydroxyl groups excluding tert-OH is 1. The van der Waals surface area contributed by atoms with Crippen LogP contribution in [0.15, 0.2) is 37.5 Å². The van der Waals surface area contributed by atoms with Gasteiger partial charge in [0, 0.05) is 64.3 Å². The molecule has 0 aromatic heterocycles. The van der Waals surface area contributed by atoms with Crippen molar-refractivity contribution in [2.45, 2.75) is 53.4 Å². The van der Waals surface area contributed by atoms with Crippen LogP contribution >= 0.6 is 0 Å². The van der Waals surface area contributed by atoms with E-state index in [0.29, 0.717) is 97.0 Å². The van der Waals surface area contributed by atoms with Crippen LogP contribution in [0, 0.1) is 47.3 Å². The highest BCUT2D eigenvalue weighted by atomic mass is 17.2. The zero-order valence-corrected chi connectivity index (χ0v) is 37.7. The van der Waals surface area contributed by atoms with E-state index in [1.807, 2.05) is 6.08 Å². The minimum absolute atomic E-state index is 0.00533. The largest absolute Gasteiger partial charge is 0.469 e. The van der Waals surface area contributed by atoms with Crippen molar-refractivity contribution in [3.63, 3.8) is 0 Å². The molecule has 19 heteroatoms. The molecule has 0 spiro atoms.